The summed E-state index contributed by atoms with van der Waals surface area (Å²) >= 11 is 0. The molecule has 5 nitrogen and oxygen atoms in total. The van der Waals surface area contributed by atoms with Crippen molar-refractivity contribution in [2.75, 3.05) is 5.73 Å². The molecule has 0 aliphatic heterocycles. The molecule has 0 spiro atoms. The predicted octanol–water partition coefficient (Wildman–Crippen LogP) is 1.91. The summed E-state index contributed by atoms with van der Waals surface area (Å²) in [5.41, 5.74) is 8.24. The summed E-state index contributed by atoms with van der Waals surface area (Å²) in [4.78, 5) is 0. The molecule has 1 aromatic heterocycles. The fourth-order valence-corrected chi connectivity index (χ4v) is 1.74. The van der Waals surface area contributed by atoms with E-state index >= 15 is 0 Å². The maximum Gasteiger partial charge on any atom is 0.187 e. The van der Waals surface area contributed by atoms with E-state index in [1.807, 2.05) is 54.6 Å². The lowest BCUT2D eigenvalue weighted by atomic mass is 10.2. The van der Waals surface area contributed by atoms with E-state index in [1.165, 1.54) is 0 Å². The second kappa shape index (κ2) is 4.29. The van der Waals surface area contributed by atoms with Crippen molar-refractivity contribution in [3.63, 3.8) is 0 Å². The van der Waals surface area contributed by atoms with Crippen molar-refractivity contribution in [3.8, 4) is 17.1 Å². The van der Waals surface area contributed by atoms with Crippen molar-refractivity contribution in [1.82, 2.24) is 20.2 Å². The molecule has 2 N–H and O–H groups in total. The largest absolute Gasteiger partial charge is 0.399 e. The van der Waals surface area contributed by atoms with E-state index in [-0.39, 0.29) is 0 Å². The van der Waals surface area contributed by atoms with Crippen LogP contribution >= 0.6 is 0 Å². The van der Waals surface area contributed by atoms with Crippen LogP contribution in [0, 0.1) is 0 Å². The Kier molecular flexibility index (Phi) is 2.49. The lowest BCUT2D eigenvalue weighted by Crippen LogP contribution is -1.99. The maximum atomic E-state index is 5.67. The highest BCUT2D eigenvalue weighted by Crippen LogP contribution is 2.20. The molecule has 2 aromatic carbocycles. The van der Waals surface area contributed by atoms with Gasteiger partial charge in [-0.2, -0.15) is 4.68 Å². The standard InChI is InChI=1S/C13H11N5/c14-11-8-6-10(7-9-11)13-15-16-17-18(13)12-4-2-1-3-5-12/h1-9H,14H2. The Labute approximate surface area is 104 Å². The molecule has 0 fully saturated rings. The van der Waals surface area contributed by atoms with Gasteiger partial charge in [0.1, 0.15) is 0 Å². The van der Waals surface area contributed by atoms with E-state index in [2.05, 4.69) is 15.5 Å². The number of nitrogen functional groups attached to an aromatic ring is 1. The quantitative estimate of drug-likeness (QED) is 0.691. The number of nitrogens with zero attached hydrogens (tertiary/aromatic N) is 4. The van der Waals surface area contributed by atoms with Gasteiger partial charge in [0.25, 0.3) is 0 Å². The molecule has 1 heterocycles. The molecule has 0 saturated heterocycles. The van der Waals surface area contributed by atoms with Gasteiger partial charge in [-0.25, -0.2) is 0 Å². The number of aromatic nitrogens is 4. The molecular weight excluding hydrogens is 226 g/mol. The molecule has 88 valence electrons. The second-order valence-electron chi connectivity index (χ2n) is 3.87. The van der Waals surface area contributed by atoms with Gasteiger partial charge in [0, 0.05) is 11.3 Å². The normalized spacial score (nSPS) is 10.4. The predicted molar refractivity (Wildman–Crippen MR) is 69.0 cm³/mol. The Hall–Kier alpha value is -2.69. The Bertz CT molecular complexity index is 643. The van der Waals surface area contributed by atoms with Crippen LogP contribution < -0.4 is 5.73 Å². The summed E-state index contributed by atoms with van der Waals surface area (Å²) < 4.78 is 1.70. The highest BCUT2D eigenvalue weighted by molar-refractivity contribution is 5.60. The Morgan fingerprint density at radius 3 is 2.33 bits per heavy atom. The summed E-state index contributed by atoms with van der Waals surface area (Å²) in [5, 5.41) is 11.8. The Morgan fingerprint density at radius 2 is 1.61 bits per heavy atom. The van der Waals surface area contributed by atoms with Crippen LogP contribution in [0.5, 0.6) is 0 Å². The van der Waals surface area contributed by atoms with E-state index in [0.29, 0.717) is 5.82 Å². The smallest absolute Gasteiger partial charge is 0.187 e. The molecule has 5 heteroatoms. The monoisotopic (exact) mass is 237 g/mol. The highest BCUT2D eigenvalue weighted by atomic mass is 15.5. The van der Waals surface area contributed by atoms with Crippen LogP contribution in [-0.2, 0) is 0 Å². The molecule has 0 radical (unpaired) electrons. The SMILES string of the molecule is Nc1ccc(-c2nnnn2-c2ccccc2)cc1. The highest BCUT2D eigenvalue weighted by Gasteiger charge is 2.09. The van der Waals surface area contributed by atoms with Gasteiger partial charge in [-0.1, -0.05) is 18.2 Å². The summed E-state index contributed by atoms with van der Waals surface area (Å²) in [7, 11) is 0. The summed E-state index contributed by atoms with van der Waals surface area (Å²) in [6.45, 7) is 0. The third kappa shape index (κ3) is 1.82. The number of hydrogen-bond acceptors (Lipinski definition) is 4. The number of tetrazole rings is 1. The number of hydrogen-bond donors (Lipinski definition) is 1. The van der Waals surface area contributed by atoms with Crippen molar-refractivity contribution >= 4 is 5.69 Å². The Morgan fingerprint density at radius 1 is 0.889 bits per heavy atom. The van der Waals surface area contributed by atoms with Gasteiger partial charge in [-0.3, -0.25) is 0 Å². The summed E-state index contributed by atoms with van der Waals surface area (Å²) in [6, 6.07) is 17.2. The topological polar surface area (TPSA) is 69.6 Å². The van der Waals surface area contributed by atoms with Crippen LogP contribution in [-0.4, -0.2) is 20.2 Å². The number of nitrogens with two attached hydrogens (primary N) is 1. The van der Waals surface area contributed by atoms with Crippen LogP contribution in [0.4, 0.5) is 5.69 Å². The van der Waals surface area contributed by atoms with Gasteiger partial charge < -0.3 is 5.73 Å². The van der Waals surface area contributed by atoms with Crippen LogP contribution in [0.15, 0.2) is 54.6 Å². The van der Waals surface area contributed by atoms with Crippen LogP contribution in [0.25, 0.3) is 17.1 Å². The third-order valence-electron chi connectivity index (χ3n) is 2.64. The van der Waals surface area contributed by atoms with Crippen molar-refractivity contribution < 1.29 is 0 Å². The van der Waals surface area contributed by atoms with Crippen molar-refractivity contribution in [2.45, 2.75) is 0 Å². The molecule has 0 saturated carbocycles. The molecule has 3 rings (SSSR count). The van der Waals surface area contributed by atoms with E-state index in [0.717, 1.165) is 16.9 Å². The van der Waals surface area contributed by atoms with Gasteiger partial charge >= 0.3 is 0 Å². The van der Waals surface area contributed by atoms with Gasteiger partial charge in [0.05, 0.1) is 5.69 Å². The Balaban J connectivity index is 2.10. The molecule has 0 bridgehead atoms. The first-order valence-corrected chi connectivity index (χ1v) is 5.54. The van der Waals surface area contributed by atoms with Crippen molar-refractivity contribution in [1.29, 1.82) is 0 Å². The van der Waals surface area contributed by atoms with E-state index in [9.17, 15) is 0 Å². The first-order chi connectivity index (χ1) is 8.84. The number of para-hydroxylation sites is 1. The number of benzene rings is 2. The third-order valence-corrected chi connectivity index (χ3v) is 2.64. The number of rotatable bonds is 2. The van der Waals surface area contributed by atoms with Crippen LogP contribution in [0.1, 0.15) is 0 Å². The van der Waals surface area contributed by atoms with Gasteiger partial charge in [0.2, 0.25) is 0 Å². The lowest BCUT2D eigenvalue weighted by molar-refractivity contribution is 0.791. The molecule has 0 unspecified atom stereocenters. The average molecular weight is 237 g/mol. The molecule has 0 atom stereocenters. The molecular formula is C13H11N5. The minimum atomic E-state index is 0.696. The molecule has 0 amide bonds. The molecule has 0 aliphatic rings. The number of anilines is 1. The van der Waals surface area contributed by atoms with E-state index in [1.54, 1.807) is 4.68 Å². The lowest BCUT2D eigenvalue weighted by Gasteiger charge is -2.04. The fourth-order valence-electron chi connectivity index (χ4n) is 1.74. The van der Waals surface area contributed by atoms with Crippen LogP contribution in [0.2, 0.25) is 0 Å². The molecule has 3 aromatic rings. The van der Waals surface area contributed by atoms with Crippen molar-refractivity contribution in [3.05, 3.63) is 54.6 Å². The van der Waals surface area contributed by atoms with E-state index < -0.39 is 0 Å². The summed E-state index contributed by atoms with van der Waals surface area (Å²) in [6.07, 6.45) is 0. The zero-order valence-corrected chi connectivity index (χ0v) is 9.56. The van der Waals surface area contributed by atoms with Crippen LogP contribution in [0.3, 0.4) is 0 Å². The molecule has 0 aliphatic carbocycles. The van der Waals surface area contributed by atoms with E-state index in [4.69, 9.17) is 5.73 Å². The fraction of sp³-hybridized carbons (Fsp3) is 0. The average Bonchev–Trinajstić information content (AvgIpc) is 2.90. The van der Waals surface area contributed by atoms with Crippen molar-refractivity contribution in [2.24, 2.45) is 0 Å². The second-order valence-corrected chi connectivity index (χ2v) is 3.87. The maximum absolute atomic E-state index is 5.67. The van der Waals surface area contributed by atoms with Gasteiger partial charge in [-0.05, 0) is 46.8 Å². The minimum Gasteiger partial charge on any atom is -0.399 e. The minimum absolute atomic E-state index is 0.696. The molecule has 18 heavy (non-hydrogen) atoms. The zero-order valence-electron chi connectivity index (χ0n) is 9.56. The van der Waals surface area contributed by atoms with Gasteiger partial charge in [0.15, 0.2) is 5.82 Å². The first kappa shape index (κ1) is 10.5. The first-order valence-electron chi connectivity index (χ1n) is 5.54. The summed E-state index contributed by atoms with van der Waals surface area (Å²) in [5.74, 6) is 0.696. The van der Waals surface area contributed by atoms with Gasteiger partial charge in [-0.15, -0.1) is 5.10 Å². The zero-order chi connectivity index (χ0) is 12.4.